The first-order valence-electron chi connectivity index (χ1n) is 9.25. The number of benzene rings is 1. The zero-order valence-electron chi connectivity index (χ0n) is 15.3. The second-order valence-electron chi connectivity index (χ2n) is 7.00. The molecule has 1 saturated heterocycles. The highest BCUT2D eigenvalue weighted by Crippen LogP contribution is 2.30. The quantitative estimate of drug-likeness (QED) is 0.363. The van der Waals surface area contributed by atoms with E-state index in [1.165, 1.54) is 6.33 Å². The maximum absolute atomic E-state index is 12.8. The number of oxazole rings is 1. The minimum atomic E-state index is -0.00817. The highest BCUT2D eigenvalue weighted by atomic mass is 35.5. The van der Waals surface area contributed by atoms with Crippen LogP contribution in [0.2, 0.25) is 10.4 Å². The Kier molecular flexibility index (Phi) is 4.60. The Hall–Kier alpha value is -2.71. The number of hydrogen-bond acceptors (Lipinski definition) is 6. The van der Waals surface area contributed by atoms with Crippen LogP contribution < -0.4 is 0 Å². The summed E-state index contributed by atoms with van der Waals surface area (Å²) in [4.78, 5) is 31.4. The summed E-state index contributed by atoms with van der Waals surface area (Å²) in [5.74, 6) is 0.955. The average molecular weight is 431 g/mol. The highest BCUT2D eigenvalue weighted by molar-refractivity contribution is 6.35. The lowest BCUT2D eigenvalue weighted by atomic mass is 9.97. The number of likely N-dealkylation sites (tertiary alicyclic amines) is 1. The summed E-state index contributed by atoms with van der Waals surface area (Å²) in [5, 5.41) is 0.196. The number of nitrogens with zero attached hydrogens (tertiary/aromatic N) is 6. The van der Waals surface area contributed by atoms with Crippen molar-refractivity contribution >= 4 is 51.4 Å². The Bertz CT molecular complexity index is 1180. The molecule has 8 nitrogen and oxygen atoms in total. The average Bonchev–Trinajstić information content (AvgIpc) is 3.32. The van der Waals surface area contributed by atoms with Crippen molar-refractivity contribution in [3.8, 4) is 0 Å². The summed E-state index contributed by atoms with van der Waals surface area (Å²) >= 11 is 11.9. The number of piperidine rings is 1. The van der Waals surface area contributed by atoms with Gasteiger partial charge in [-0.2, -0.15) is 4.98 Å². The van der Waals surface area contributed by atoms with Gasteiger partial charge >= 0.3 is 0 Å². The number of carbonyl (C=O) groups excluding carboxylic acids is 1. The summed E-state index contributed by atoms with van der Waals surface area (Å²) in [6.07, 6.45) is 3.15. The molecule has 1 aliphatic heterocycles. The lowest BCUT2D eigenvalue weighted by Gasteiger charge is -2.30. The number of fused-ring (bicyclic) bond motifs is 2. The van der Waals surface area contributed by atoms with E-state index in [9.17, 15) is 4.79 Å². The molecule has 148 valence electrons. The van der Waals surface area contributed by atoms with Crippen molar-refractivity contribution in [1.82, 2.24) is 29.4 Å². The molecule has 0 radical (unpaired) electrons. The van der Waals surface area contributed by atoms with Crippen LogP contribution in [0.3, 0.4) is 0 Å². The summed E-state index contributed by atoms with van der Waals surface area (Å²) in [6.45, 7) is 1.41. The van der Waals surface area contributed by atoms with Gasteiger partial charge in [-0.05, 0) is 36.6 Å². The Labute approximate surface area is 175 Å². The van der Waals surface area contributed by atoms with Crippen molar-refractivity contribution in [3.63, 3.8) is 0 Å². The van der Waals surface area contributed by atoms with E-state index in [4.69, 9.17) is 27.6 Å². The molecule has 4 aromatic rings. The predicted molar refractivity (Wildman–Crippen MR) is 108 cm³/mol. The van der Waals surface area contributed by atoms with Crippen molar-refractivity contribution in [2.45, 2.75) is 25.3 Å². The van der Waals surface area contributed by atoms with Gasteiger partial charge in [0.1, 0.15) is 17.6 Å². The monoisotopic (exact) mass is 430 g/mol. The zero-order chi connectivity index (χ0) is 20.0. The van der Waals surface area contributed by atoms with Crippen LogP contribution in [-0.2, 0) is 11.3 Å². The SMILES string of the molecule is O=C(Cn1cnc2c(Cl)nc(Cl)nc21)N1CCC(c2nc3ccccc3o2)CC1. The molecule has 1 fully saturated rings. The van der Waals surface area contributed by atoms with Crippen molar-refractivity contribution < 1.29 is 9.21 Å². The fraction of sp³-hybridized carbons (Fsp3) is 0.316. The predicted octanol–water partition coefficient (Wildman–Crippen LogP) is 3.68. The molecule has 29 heavy (non-hydrogen) atoms. The third-order valence-corrected chi connectivity index (χ3v) is 5.64. The molecular weight excluding hydrogens is 415 g/mol. The number of aromatic nitrogens is 5. The molecule has 0 atom stereocenters. The number of halogens is 2. The Morgan fingerprint density at radius 1 is 1.14 bits per heavy atom. The van der Waals surface area contributed by atoms with Gasteiger partial charge in [-0.3, -0.25) is 4.79 Å². The maximum Gasteiger partial charge on any atom is 0.242 e. The fourth-order valence-electron chi connectivity index (χ4n) is 3.69. The van der Waals surface area contributed by atoms with E-state index in [-0.39, 0.29) is 28.8 Å². The molecule has 1 aromatic carbocycles. The van der Waals surface area contributed by atoms with Crippen LogP contribution in [-0.4, -0.2) is 48.4 Å². The van der Waals surface area contributed by atoms with E-state index < -0.39 is 0 Å². The van der Waals surface area contributed by atoms with Gasteiger partial charge in [-0.1, -0.05) is 23.7 Å². The van der Waals surface area contributed by atoms with E-state index in [1.54, 1.807) is 4.57 Å². The first-order valence-corrected chi connectivity index (χ1v) is 10.0. The third kappa shape index (κ3) is 3.42. The van der Waals surface area contributed by atoms with E-state index >= 15 is 0 Å². The van der Waals surface area contributed by atoms with E-state index in [2.05, 4.69) is 19.9 Å². The number of para-hydroxylation sites is 2. The standard InChI is InChI=1S/C19H16Cl2N6O2/c20-16-15-17(25-19(21)24-16)27(10-22-15)9-14(28)26-7-5-11(6-8-26)18-23-12-3-1-2-4-13(12)29-18/h1-4,10-11H,5-9H2. The van der Waals surface area contributed by atoms with E-state index in [1.807, 2.05) is 29.2 Å². The van der Waals surface area contributed by atoms with Crippen LogP contribution in [0.1, 0.15) is 24.7 Å². The molecule has 0 unspecified atom stereocenters. The van der Waals surface area contributed by atoms with Gasteiger partial charge < -0.3 is 13.9 Å². The van der Waals surface area contributed by atoms with Gasteiger partial charge in [-0.25, -0.2) is 15.0 Å². The van der Waals surface area contributed by atoms with Gasteiger partial charge in [0.25, 0.3) is 0 Å². The minimum absolute atomic E-state index is 0.00817. The molecule has 1 aliphatic rings. The summed E-state index contributed by atoms with van der Waals surface area (Å²) < 4.78 is 7.54. The van der Waals surface area contributed by atoms with Crippen LogP contribution in [0.15, 0.2) is 35.0 Å². The summed E-state index contributed by atoms with van der Waals surface area (Å²) in [5.41, 5.74) is 2.54. The lowest BCUT2D eigenvalue weighted by molar-refractivity contribution is -0.132. The number of imidazole rings is 1. The Balaban J connectivity index is 1.27. The number of carbonyl (C=O) groups is 1. The van der Waals surface area contributed by atoms with Crippen molar-refractivity contribution in [2.24, 2.45) is 0 Å². The van der Waals surface area contributed by atoms with Crippen LogP contribution in [0, 0.1) is 0 Å². The molecular formula is C19H16Cl2N6O2. The van der Waals surface area contributed by atoms with Gasteiger partial charge in [0.05, 0.1) is 6.33 Å². The van der Waals surface area contributed by atoms with Crippen molar-refractivity contribution in [3.05, 3.63) is 46.9 Å². The summed E-state index contributed by atoms with van der Waals surface area (Å²) in [6, 6.07) is 7.74. The third-order valence-electron chi connectivity index (χ3n) is 5.21. The highest BCUT2D eigenvalue weighted by Gasteiger charge is 2.27. The topological polar surface area (TPSA) is 89.9 Å². The summed E-state index contributed by atoms with van der Waals surface area (Å²) in [7, 11) is 0. The smallest absolute Gasteiger partial charge is 0.242 e. The molecule has 3 aromatic heterocycles. The van der Waals surface area contributed by atoms with Crippen LogP contribution in [0.5, 0.6) is 0 Å². The molecule has 0 saturated carbocycles. The van der Waals surface area contributed by atoms with Crippen LogP contribution >= 0.6 is 23.2 Å². The molecule has 0 bridgehead atoms. The maximum atomic E-state index is 12.8. The van der Waals surface area contributed by atoms with E-state index in [0.717, 1.165) is 29.8 Å². The molecule has 0 N–H and O–H groups in total. The van der Waals surface area contributed by atoms with Crippen LogP contribution in [0.4, 0.5) is 0 Å². The zero-order valence-corrected chi connectivity index (χ0v) is 16.8. The molecule has 0 spiro atoms. The van der Waals surface area contributed by atoms with Crippen molar-refractivity contribution in [1.29, 1.82) is 0 Å². The molecule has 5 rings (SSSR count). The number of hydrogen-bond donors (Lipinski definition) is 0. The Morgan fingerprint density at radius 2 is 1.93 bits per heavy atom. The van der Waals surface area contributed by atoms with Crippen molar-refractivity contribution in [2.75, 3.05) is 13.1 Å². The van der Waals surface area contributed by atoms with Gasteiger partial charge in [-0.15, -0.1) is 0 Å². The second kappa shape index (κ2) is 7.27. The van der Waals surface area contributed by atoms with E-state index in [0.29, 0.717) is 24.3 Å². The van der Waals surface area contributed by atoms with Crippen LogP contribution in [0.25, 0.3) is 22.3 Å². The first kappa shape index (κ1) is 18.3. The molecule has 1 amide bonds. The van der Waals surface area contributed by atoms with Gasteiger partial charge in [0.15, 0.2) is 22.3 Å². The fourth-order valence-corrected chi connectivity index (χ4v) is 4.11. The lowest BCUT2D eigenvalue weighted by Crippen LogP contribution is -2.39. The molecule has 4 heterocycles. The van der Waals surface area contributed by atoms with Gasteiger partial charge in [0, 0.05) is 19.0 Å². The van der Waals surface area contributed by atoms with Gasteiger partial charge in [0.2, 0.25) is 11.2 Å². The second-order valence-corrected chi connectivity index (χ2v) is 7.70. The molecule has 10 heteroatoms. The number of rotatable bonds is 3. The Morgan fingerprint density at radius 3 is 2.72 bits per heavy atom. The first-order chi connectivity index (χ1) is 14.1. The minimum Gasteiger partial charge on any atom is -0.440 e. The molecule has 0 aliphatic carbocycles. The normalized spacial score (nSPS) is 15.4. The largest absolute Gasteiger partial charge is 0.440 e. The number of amides is 1.